The zero-order valence-corrected chi connectivity index (χ0v) is 12.1. The molecule has 0 aliphatic heterocycles. The molecule has 0 saturated heterocycles. The molecule has 1 aromatic rings. The Morgan fingerprint density at radius 1 is 1.30 bits per heavy atom. The first-order valence-corrected chi connectivity index (χ1v) is 7.15. The predicted octanol–water partition coefficient (Wildman–Crippen LogP) is 2.52. The summed E-state index contributed by atoms with van der Waals surface area (Å²) in [4.78, 5) is 23.7. The number of esters is 1. The third-order valence-electron chi connectivity index (χ3n) is 2.29. The number of rotatable bonds is 7. The SMILES string of the molecule is CCOC(=O)C=CCSC(=CN)C(=O)c1ccccc1. The van der Waals surface area contributed by atoms with Gasteiger partial charge in [0.2, 0.25) is 5.78 Å². The highest BCUT2D eigenvalue weighted by Crippen LogP contribution is 2.20. The molecule has 0 aliphatic carbocycles. The van der Waals surface area contributed by atoms with Crippen LogP contribution >= 0.6 is 11.8 Å². The summed E-state index contributed by atoms with van der Waals surface area (Å²) < 4.78 is 4.75. The summed E-state index contributed by atoms with van der Waals surface area (Å²) in [6.45, 7) is 2.09. The fourth-order valence-corrected chi connectivity index (χ4v) is 2.11. The molecule has 0 heterocycles. The lowest BCUT2D eigenvalue weighted by atomic mass is 10.1. The highest BCUT2D eigenvalue weighted by molar-refractivity contribution is 8.04. The van der Waals surface area contributed by atoms with Gasteiger partial charge in [0.05, 0.1) is 11.5 Å². The minimum Gasteiger partial charge on any atom is -0.463 e. The summed E-state index contributed by atoms with van der Waals surface area (Å²) in [6, 6.07) is 8.92. The van der Waals surface area contributed by atoms with Crippen molar-refractivity contribution < 1.29 is 14.3 Å². The van der Waals surface area contributed by atoms with Crippen LogP contribution in [-0.4, -0.2) is 24.1 Å². The van der Waals surface area contributed by atoms with Gasteiger partial charge in [-0.15, -0.1) is 11.8 Å². The Morgan fingerprint density at radius 2 is 2.00 bits per heavy atom. The molecule has 1 aromatic carbocycles. The van der Waals surface area contributed by atoms with Crippen molar-refractivity contribution in [1.29, 1.82) is 0 Å². The lowest BCUT2D eigenvalue weighted by molar-refractivity contribution is -0.137. The molecule has 5 heteroatoms. The summed E-state index contributed by atoms with van der Waals surface area (Å²) in [7, 11) is 0. The molecule has 20 heavy (non-hydrogen) atoms. The molecule has 4 nitrogen and oxygen atoms in total. The third-order valence-corrected chi connectivity index (χ3v) is 3.28. The van der Waals surface area contributed by atoms with Crippen LogP contribution in [0.1, 0.15) is 17.3 Å². The lowest BCUT2D eigenvalue weighted by Crippen LogP contribution is -2.03. The number of nitrogens with two attached hydrogens (primary N) is 1. The molecule has 0 bridgehead atoms. The van der Waals surface area contributed by atoms with Crippen LogP contribution in [0.25, 0.3) is 0 Å². The Hall–Kier alpha value is -2.01. The van der Waals surface area contributed by atoms with E-state index >= 15 is 0 Å². The van der Waals surface area contributed by atoms with Crippen molar-refractivity contribution >= 4 is 23.5 Å². The van der Waals surface area contributed by atoms with Crippen LogP contribution in [0, 0.1) is 0 Å². The van der Waals surface area contributed by atoms with Crippen LogP contribution < -0.4 is 5.73 Å². The van der Waals surface area contributed by atoms with E-state index in [0.29, 0.717) is 22.8 Å². The topological polar surface area (TPSA) is 69.4 Å². The molecular weight excluding hydrogens is 274 g/mol. The predicted molar refractivity (Wildman–Crippen MR) is 81.3 cm³/mol. The molecule has 0 saturated carbocycles. The highest BCUT2D eigenvalue weighted by atomic mass is 32.2. The monoisotopic (exact) mass is 291 g/mol. The number of ketones is 1. The maximum absolute atomic E-state index is 12.1. The highest BCUT2D eigenvalue weighted by Gasteiger charge is 2.11. The Labute approximate surface area is 122 Å². The van der Waals surface area contributed by atoms with Crippen molar-refractivity contribution in [2.24, 2.45) is 5.73 Å². The normalized spacial score (nSPS) is 11.6. The van der Waals surface area contributed by atoms with Crippen LogP contribution in [0.3, 0.4) is 0 Å². The molecule has 1 rings (SSSR count). The first-order chi connectivity index (χ1) is 9.69. The molecule has 0 amide bonds. The number of hydrogen-bond acceptors (Lipinski definition) is 5. The van der Waals surface area contributed by atoms with Crippen LogP contribution in [0.15, 0.2) is 53.6 Å². The van der Waals surface area contributed by atoms with Gasteiger partial charge < -0.3 is 10.5 Å². The van der Waals surface area contributed by atoms with Gasteiger partial charge in [-0.2, -0.15) is 0 Å². The minimum absolute atomic E-state index is 0.123. The van der Waals surface area contributed by atoms with E-state index in [9.17, 15) is 9.59 Å². The van der Waals surface area contributed by atoms with Gasteiger partial charge in [0.1, 0.15) is 0 Å². The summed E-state index contributed by atoms with van der Waals surface area (Å²) in [5, 5.41) is 0. The molecule has 0 spiro atoms. The number of carbonyl (C=O) groups excluding carboxylic acids is 2. The third kappa shape index (κ3) is 5.32. The molecule has 0 atom stereocenters. The zero-order valence-electron chi connectivity index (χ0n) is 11.2. The van der Waals surface area contributed by atoms with E-state index in [2.05, 4.69) is 0 Å². The first-order valence-electron chi connectivity index (χ1n) is 6.16. The fraction of sp³-hybridized carbons (Fsp3) is 0.200. The Bertz CT molecular complexity index is 509. The standard InChI is InChI=1S/C15H17NO3S/c1-2-19-14(17)9-6-10-20-13(11-16)15(18)12-7-4-3-5-8-12/h3-9,11H,2,10,16H2,1H3. The van der Waals surface area contributed by atoms with Crippen molar-refractivity contribution in [2.45, 2.75) is 6.92 Å². The number of thioether (sulfide) groups is 1. The van der Waals surface area contributed by atoms with Gasteiger partial charge >= 0.3 is 5.97 Å². The average molecular weight is 291 g/mol. The van der Waals surface area contributed by atoms with Crippen LogP contribution in [0.2, 0.25) is 0 Å². The van der Waals surface area contributed by atoms with Gasteiger partial charge in [-0.25, -0.2) is 4.79 Å². The van der Waals surface area contributed by atoms with Crippen LogP contribution in [0.4, 0.5) is 0 Å². The first kappa shape index (κ1) is 16.0. The van der Waals surface area contributed by atoms with Gasteiger partial charge in [-0.05, 0) is 6.92 Å². The number of ether oxygens (including phenoxy) is 1. The Morgan fingerprint density at radius 3 is 2.60 bits per heavy atom. The largest absolute Gasteiger partial charge is 0.463 e. The zero-order chi connectivity index (χ0) is 14.8. The molecule has 0 fully saturated rings. The number of benzene rings is 1. The molecule has 0 radical (unpaired) electrons. The quantitative estimate of drug-likeness (QED) is 0.475. The second kappa shape index (κ2) is 8.98. The number of carbonyl (C=O) groups is 2. The van der Waals surface area contributed by atoms with Gasteiger partial charge in [0.25, 0.3) is 0 Å². The molecule has 0 aromatic heterocycles. The second-order valence-electron chi connectivity index (χ2n) is 3.69. The van der Waals surface area contributed by atoms with Crippen molar-refractivity contribution in [3.63, 3.8) is 0 Å². The number of allylic oxidation sites excluding steroid dienone is 1. The number of Topliss-reactive ketones (excluding diaryl/α,β-unsaturated/α-hetero) is 1. The summed E-state index contributed by atoms with van der Waals surface area (Å²) >= 11 is 1.28. The maximum atomic E-state index is 12.1. The van der Waals surface area contributed by atoms with Crippen molar-refractivity contribution in [3.05, 3.63) is 59.2 Å². The van der Waals surface area contributed by atoms with E-state index < -0.39 is 0 Å². The fourth-order valence-electron chi connectivity index (χ4n) is 1.39. The lowest BCUT2D eigenvalue weighted by Gasteiger charge is -2.03. The van der Waals surface area contributed by atoms with Gasteiger partial charge in [0.15, 0.2) is 0 Å². The van der Waals surface area contributed by atoms with Gasteiger partial charge in [-0.1, -0.05) is 36.4 Å². The average Bonchev–Trinajstić information content (AvgIpc) is 2.48. The van der Waals surface area contributed by atoms with E-state index in [1.54, 1.807) is 37.3 Å². The molecular formula is C15H17NO3S. The van der Waals surface area contributed by atoms with Gasteiger partial charge in [0, 0.05) is 23.6 Å². The van der Waals surface area contributed by atoms with E-state index in [-0.39, 0.29) is 11.8 Å². The van der Waals surface area contributed by atoms with E-state index in [4.69, 9.17) is 10.5 Å². The van der Waals surface area contributed by atoms with E-state index in [1.807, 2.05) is 6.07 Å². The number of hydrogen-bond donors (Lipinski definition) is 1. The molecule has 0 aliphatic rings. The second-order valence-corrected chi connectivity index (χ2v) is 4.75. The van der Waals surface area contributed by atoms with Gasteiger partial charge in [-0.3, -0.25) is 4.79 Å². The van der Waals surface area contributed by atoms with Crippen LogP contribution in [0.5, 0.6) is 0 Å². The Kier molecular flexibility index (Phi) is 7.21. The summed E-state index contributed by atoms with van der Waals surface area (Å²) in [5.74, 6) is -0.0381. The molecule has 106 valence electrons. The van der Waals surface area contributed by atoms with E-state index in [1.165, 1.54) is 24.0 Å². The molecule has 2 N–H and O–H groups in total. The molecule has 0 unspecified atom stereocenters. The summed E-state index contributed by atoms with van der Waals surface area (Å²) in [6.07, 6.45) is 4.28. The smallest absolute Gasteiger partial charge is 0.330 e. The summed E-state index contributed by atoms with van der Waals surface area (Å²) in [5.41, 5.74) is 6.07. The van der Waals surface area contributed by atoms with Crippen LogP contribution in [-0.2, 0) is 9.53 Å². The van der Waals surface area contributed by atoms with Crippen molar-refractivity contribution in [2.75, 3.05) is 12.4 Å². The minimum atomic E-state index is -0.388. The van der Waals surface area contributed by atoms with Crippen molar-refractivity contribution in [1.82, 2.24) is 0 Å². The van der Waals surface area contributed by atoms with E-state index in [0.717, 1.165) is 0 Å². The van der Waals surface area contributed by atoms with Crippen molar-refractivity contribution in [3.8, 4) is 0 Å². The maximum Gasteiger partial charge on any atom is 0.330 e. The Balaban J connectivity index is 2.53.